The summed E-state index contributed by atoms with van der Waals surface area (Å²) in [4.78, 5) is 14.0. The van der Waals surface area contributed by atoms with Crippen molar-refractivity contribution in [2.75, 3.05) is 51.0 Å². The number of nitrogens with two attached hydrogens (primary N) is 1. The zero-order valence-electron chi connectivity index (χ0n) is 15.7. The Hall–Kier alpha value is -2.76. The molecule has 3 rings (SSSR count). The van der Waals surface area contributed by atoms with Crippen LogP contribution < -0.4 is 15.5 Å². The molecule has 1 fully saturated rings. The molecule has 2 heterocycles. The number of carbonyl (C=O) groups is 1. The fraction of sp³-hybridized carbons (Fsp3) is 0.353. The molecule has 0 radical (unpaired) electrons. The van der Waals surface area contributed by atoms with Crippen molar-refractivity contribution in [1.82, 2.24) is 13.9 Å². The van der Waals surface area contributed by atoms with Crippen molar-refractivity contribution in [1.29, 1.82) is 0 Å². The summed E-state index contributed by atoms with van der Waals surface area (Å²) >= 11 is 0. The quantitative estimate of drug-likeness (QED) is 0.390. The molecule has 2 N–H and O–H groups in total. The molecule has 0 spiro atoms. The summed E-state index contributed by atoms with van der Waals surface area (Å²) in [7, 11) is -0.501. The predicted molar refractivity (Wildman–Crippen MR) is 103 cm³/mol. The van der Waals surface area contributed by atoms with Crippen LogP contribution in [0.5, 0.6) is 0 Å². The van der Waals surface area contributed by atoms with Crippen molar-refractivity contribution in [2.24, 2.45) is 0 Å². The maximum atomic E-state index is 12.6. The molecular formula is C17H23N6O4S+. The van der Waals surface area contributed by atoms with Crippen molar-refractivity contribution in [3.63, 3.8) is 0 Å². The van der Waals surface area contributed by atoms with Gasteiger partial charge in [0.25, 0.3) is 16.0 Å². The standard InChI is InChI=1S/C17H22N6O4S/c1-20(2)28(25,26)22-12-10-21(11-13-22)23-16(17(18)27-19-23)15(24)9-8-14-6-4-3-5-7-14/h3-9H,10-13H2,1-2H3,(H-,18,19,24)/p+1. The molecule has 0 unspecified atom stereocenters. The third-order valence-electron chi connectivity index (χ3n) is 4.38. The van der Waals surface area contributed by atoms with E-state index in [0.717, 1.165) is 5.56 Å². The predicted octanol–water partition coefficient (Wildman–Crippen LogP) is -0.500. The Labute approximate surface area is 163 Å². The lowest BCUT2D eigenvalue weighted by Crippen LogP contribution is -2.68. The molecule has 0 bridgehead atoms. The minimum atomic E-state index is -3.48. The molecule has 11 heteroatoms. The lowest BCUT2D eigenvalue weighted by Gasteiger charge is -2.31. The molecule has 1 aromatic heterocycles. The van der Waals surface area contributed by atoms with Gasteiger partial charge in [-0.15, -0.1) is 5.01 Å². The molecule has 150 valence electrons. The number of hydrogen-bond acceptors (Lipinski definition) is 7. The van der Waals surface area contributed by atoms with Crippen molar-refractivity contribution in [3.8, 4) is 0 Å². The van der Waals surface area contributed by atoms with Crippen LogP contribution in [0, 0.1) is 0 Å². The summed E-state index contributed by atoms with van der Waals surface area (Å²) in [5.41, 5.74) is 6.79. The van der Waals surface area contributed by atoms with Gasteiger partial charge in [-0.3, -0.25) is 9.32 Å². The van der Waals surface area contributed by atoms with Gasteiger partial charge in [0.15, 0.2) is 0 Å². The molecule has 1 aromatic carbocycles. The Morgan fingerprint density at radius 3 is 2.46 bits per heavy atom. The second-order valence-electron chi connectivity index (χ2n) is 6.43. The fourth-order valence-electron chi connectivity index (χ4n) is 2.82. The normalized spacial score (nSPS) is 16.2. The zero-order valence-corrected chi connectivity index (χ0v) is 16.5. The molecule has 2 aromatic rings. The maximum absolute atomic E-state index is 12.6. The largest absolute Gasteiger partial charge is 0.377 e. The van der Waals surface area contributed by atoms with E-state index in [1.807, 2.05) is 30.3 Å². The number of ketones is 1. The van der Waals surface area contributed by atoms with E-state index >= 15 is 0 Å². The molecule has 10 nitrogen and oxygen atoms in total. The average Bonchev–Trinajstić information content (AvgIpc) is 3.08. The molecule has 1 aliphatic rings. The van der Waals surface area contributed by atoms with Gasteiger partial charge in [-0.25, -0.2) is 0 Å². The molecule has 0 atom stereocenters. The number of allylic oxidation sites excluding steroid dienone is 1. The molecule has 28 heavy (non-hydrogen) atoms. The van der Waals surface area contributed by atoms with Crippen molar-refractivity contribution in [3.05, 3.63) is 47.7 Å². The Morgan fingerprint density at radius 2 is 1.86 bits per heavy atom. The number of rotatable bonds is 6. The van der Waals surface area contributed by atoms with Gasteiger partial charge in [-0.1, -0.05) is 36.4 Å². The molecule has 1 saturated heterocycles. The highest BCUT2D eigenvalue weighted by Gasteiger charge is 2.38. The first-order valence-electron chi connectivity index (χ1n) is 8.68. The first kappa shape index (κ1) is 20.0. The van der Waals surface area contributed by atoms with Gasteiger partial charge in [0.1, 0.15) is 0 Å². The third kappa shape index (κ3) is 4.06. The van der Waals surface area contributed by atoms with Gasteiger partial charge in [0.05, 0.1) is 17.9 Å². The van der Waals surface area contributed by atoms with Gasteiger partial charge >= 0.3 is 11.6 Å². The Kier molecular flexibility index (Phi) is 5.77. The Bertz CT molecular complexity index is 963. The second-order valence-corrected chi connectivity index (χ2v) is 8.57. The summed E-state index contributed by atoms with van der Waals surface area (Å²) in [6, 6.07) is 9.39. The number of nitrogen functional groups attached to an aromatic ring is 1. The highest BCUT2D eigenvalue weighted by molar-refractivity contribution is 7.86. The van der Waals surface area contributed by atoms with Crippen LogP contribution in [0.3, 0.4) is 0 Å². The van der Waals surface area contributed by atoms with E-state index in [-0.39, 0.29) is 30.5 Å². The summed E-state index contributed by atoms with van der Waals surface area (Å²) in [5.74, 6) is -0.447. The van der Waals surface area contributed by atoms with E-state index in [4.69, 9.17) is 10.3 Å². The van der Waals surface area contributed by atoms with Crippen LogP contribution >= 0.6 is 0 Å². The van der Waals surface area contributed by atoms with E-state index in [1.54, 1.807) is 11.1 Å². The highest BCUT2D eigenvalue weighted by atomic mass is 32.2. The van der Waals surface area contributed by atoms with Gasteiger partial charge < -0.3 is 5.73 Å². The van der Waals surface area contributed by atoms with E-state index in [9.17, 15) is 13.2 Å². The fourth-order valence-corrected chi connectivity index (χ4v) is 3.91. The number of carbonyl (C=O) groups excluding carboxylic acids is 1. The lowest BCUT2D eigenvalue weighted by atomic mass is 10.2. The van der Waals surface area contributed by atoms with Crippen molar-refractivity contribution < 1.29 is 22.5 Å². The number of benzene rings is 1. The van der Waals surface area contributed by atoms with Crippen LogP contribution in [-0.4, -0.2) is 68.4 Å². The minimum absolute atomic E-state index is 0.0916. The molecule has 0 amide bonds. The number of anilines is 1. The van der Waals surface area contributed by atoms with E-state index in [0.29, 0.717) is 13.1 Å². The molecular weight excluding hydrogens is 384 g/mol. The summed E-state index contributed by atoms with van der Waals surface area (Å²) in [6.07, 6.45) is 3.09. The third-order valence-corrected chi connectivity index (χ3v) is 6.32. The molecule has 0 aliphatic carbocycles. The van der Waals surface area contributed by atoms with Gasteiger partial charge in [0.2, 0.25) is 5.27 Å². The Balaban J connectivity index is 1.75. The first-order chi connectivity index (χ1) is 13.3. The molecule has 1 aliphatic heterocycles. The lowest BCUT2D eigenvalue weighted by molar-refractivity contribution is -0.760. The van der Waals surface area contributed by atoms with E-state index in [1.165, 1.54) is 33.6 Å². The van der Waals surface area contributed by atoms with Crippen LogP contribution in [-0.2, 0) is 10.2 Å². The minimum Gasteiger partial charge on any atom is -0.361 e. The van der Waals surface area contributed by atoms with Gasteiger partial charge in [-0.05, 0) is 11.6 Å². The number of nitrogens with zero attached hydrogens (tertiary/aromatic N) is 5. The summed E-state index contributed by atoms with van der Waals surface area (Å²) < 4.78 is 32.0. The number of aromatic nitrogens is 2. The van der Waals surface area contributed by atoms with Gasteiger partial charge in [0, 0.05) is 27.2 Å². The Morgan fingerprint density at radius 1 is 1.21 bits per heavy atom. The maximum Gasteiger partial charge on any atom is 0.377 e. The van der Waals surface area contributed by atoms with Crippen LogP contribution in [0.15, 0.2) is 40.9 Å². The van der Waals surface area contributed by atoms with Gasteiger partial charge in [-0.2, -0.15) is 17.0 Å². The van der Waals surface area contributed by atoms with Crippen LogP contribution in [0.25, 0.3) is 6.08 Å². The molecule has 0 saturated carbocycles. The van der Waals surface area contributed by atoms with Crippen LogP contribution in [0.1, 0.15) is 16.1 Å². The smallest absolute Gasteiger partial charge is 0.361 e. The van der Waals surface area contributed by atoms with E-state index in [2.05, 4.69) is 5.27 Å². The first-order valence-corrected chi connectivity index (χ1v) is 10.1. The van der Waals surface area contributed by atoms with Crippen molar-refractivity contribution >= 4 is 28.0 Å². The monoisotopic (exact) mass is 407 g/mol. The topological polar surface area (TPSA) is 117 Å². The van der Waals surface area contributed by atoms with E-state index < -0.39 is 10.2 Å². The van der Waals surface area contributed by atoms with Crippen molar-refractivity contribution in [2.45, 2.75) is 0 Å². The summed E-state index contributed by atoms with van der Waals surface area (Å²) in [5, 5.41) is 5.57. The SMILES string of the molecule is CN(C)S(=O)(=O)N1CCN([n+]2noc(N)c2C(=O)C=Cc2ccccc2)CC1. The number of piperazine rings is 1. The number of hydrogen-bond donors (Lipinski definition) is 1. The zero-order chi connectivity index (χ0) is 20.3. The second kappa shape index (κ2) is 8.09. The average molecular weight is 407 g/mol. The van der Waals surface area contributed by atoms with Crippen LogP contribution in [0.2, 0.25) is 0 Å². The summed E-state index contributed by atoms with van der Waals surface area (Å²) in [6.45, 7) is 1.19. The highest BCUT2D eigenvalue weighted by Crippen LogP contribution is 2.11. The van der Waals surface area contributed by atoms with Crippen LogP contribution in [0.4, 0.5) is 5.88 Å².